The Hall–Kier alpha value is -4.09. The summed E-state index contributed by atoms with van der Waals surface area (Å²) in [5, 5.41) is 3.67. The summed E-state index contributed by atoms with van der Waals surface area (Å²) < 4.78 is 4.82. The molecule has 0 saturated carbocycles. The summed E-state index contributed by atoms with van der Waals surface area (Å²) in [5.74, 6) is 0.877. The molecule has 150 valence electrons. The zero-order chi connectivity index (χ0) is 21.1. The molecule has 0 aliphatic carbocycles. The molecule has 0 unspecified atom stereocenters. The molecule has 0 bridgehead atoms. The zero-order valence-corrected chi connectivity index (χ0v) is 17.8. The first kappa shape index (κ1) is 17.6. The largest absolute Gasteiger partial charge is 0.291 e. The first-order valence-corrected chi connectivity index (χ1v) is 11.3. The molecule has 0 aliphatic heterocycles. The van der Waals surface area contributed by atoms with Crippen molar-refractivity contribution in [1.82, 2.24) is 19.5 Å². The summed E-state index contributed by atoms with van der Waals surface area (Å²) in [6, 6.07) is 27.3. The van der Waals surface area contributed by atoms with Crippen LogP contribution < -0.4 is 0 Å². The van der Waals surface area contributed by atoms with Crippen molar-refractivity contribution in [3.8, 4) is 17.1 Å². The number of thiophene rings is 1. The van der Waals surface area contributed by atoms with Gasteiger partial charge in [-0.3, -0.25) is 14.5 Å². The van der Waals surface area contributed by atoms with Crippen LogP contribution in [0.1, 0.15) is 0 Å². The molecule has 0 fully saturated rings. The smallest absolute Gasteiger partial charge is 0.138 e. The third-order valence-electron chi connectivity index (χ3n) is 5.94. The highest BCUT2D eigenvalue weighted by atomic mass is 32.1. The second kappa shape index (κ2) is 6.70. The minimum atomic E-state index is 0.877. The van der Waals surface area contributed by atoms with Crippen molar-refractivity contribution >= 4 is 53.4 Å². The van der Waals surface area contributed by atoms with E-state index in [1.165, 1.54) is 20.2 Å². The lowest BCUT2D eigenvalue weighted by Gasteiger charge is -2.10. The summed E-state index contributed by atoms with van der Waals surface area (Å²) in [6.45, 7) is 0. The number of hydrogen-bond donors (Lipinski definition) is 0. The van der Waals surface area contributed by atoms with Crippen molar-refractivity contribution in [2.75, 3.05) is 0 Å². The molecule has 0 spiro atoms. The van der Waals surface area contributed by atoms with Gasteiger partial charge in [-0.05, 0) is 54.6 Å². The average Bonchev–Trinajstić information content (AvgIpc) is 3.40. The average molecular weight is 429 g/mol. The first-order valence-electron chi connectivity index (χ1n) is 10.5. The summed E-state index contributed by atoms with van der Waals surface area (Å²) >= 11 is 1.83. The summed E-state index contributed by atoms with van der Waals surface area (Å²) in [7, 11) is 0. The van der Waals surface area contributed by atoms with Gasteiger partial charge < -0.3 is 0 Å². The molecule has 0 atom stereocenters. The normalized spacial score (nSPS) is 11.8. The van der Waals surface area contributed by atoms with Crippen LogP contribution >= 0.6 is 11.3 Å². The molecule has 0 N–H and O–H groups in total. The Balaban J connectivity index is 1.65. The van der Waals surface area contributed by atoms with Crippen LogP contribution in [0.15, 0.2) is 97.5 Å². The molecule has 0 amide bonds. The van der Waals surface area contributed by atoms with E-state index in [-0.39, 0.29) is 0 Å². The van der Waals surface area contributed by atoms with Gasteiger partial charge in [0.25, 0.3) is 0 Å². The molecule has 7 rings (SSSR count). The Morgan fingerprint density at radius 3 is 2.59 bits per heavy atom. The van der Waals surface area contributed by atoms with Gasteiger partial charge in [-0.25, -0.2) is 4.98 Å². The highest BCUT2D eigenvalue weighted by molar-refractivity contribution is 7.26. The van der Waals surface area contributed by atoms with Crippen LogP contribution in [0.3, 0.4) is 0 Å². The predicted octanol–water partition coefficient (Wildman–Crippen LogP) is 7.00. The Labute approximate surface area is 187 Å². The van der Waals surface area contributed by atoms with Crippen LogP contribution in [0.2, 0.25) is 0 Å². The van der Waals surface area contributed by atoms with E-state index >= 15 is 0 Å². The number of aromatic nitrogens is 4. The number of fused-ring (bicyclic) bond motifs is 7. The molecule has 0 saturated heterocycles. The van der Waals surface area contributed by atoms with E-state index in [1.807, 2.05) is 48.0 Å². The van der Waals surface area contributed by atoms with Gasteiger partial charge in [-0.1, -0.05) is 24.3 Å². The fraction of sp³-hybridized carbons (Fsp3) is 0. The van der Waals surface area contributed by atoms with E-state index in [9.17, 15) is 0 Å². The third-order valence-corrected chi connectivity index (χ3v) is 7.08. The van der Waals surface area contributed by atoms with E-state index in [2.05, 4.69) is 64.1 Å². The molecule has 0 aliphatic rings. The topological polar surface area (TPSA) is 43.6 Å². The predicted molar refractivity (Wildman–Crippen MR) is 132 cm³/mol. The Bertz CT molecular complexity index is 1780. The molecule has 2 aromatic carbocycles. The minimum absolute atomic E-state index is 0.877. The second-order valence-electron chi connectivity index (χ2n) is 7.76. The quantitative estimate of drug-likeness (QED) is 0.298. The summed E-state index contributed by atoms with van der Waals surface area (Å²) in [6.07, 6.45) is 5.50. The molecule has 5 aromatic heterocycles. The number of hydrogen-bond acceptors (Lipinski definition) is 4. The minimum Gasteiger partial charge on any atom is -0.291 e. The lowest BCUT2D eigenvalue weighted by atomic mass is 10.1. The van der Waals surface area contributed by atoms with Gasteiger partial charge >= 0.3 is 0 Å². The number of rotatable bonds is 2. The second-order valence-corrected chi connectivity index (χ2v) is 8.85. The Morgan fingerprint density at radius 2 is 1.66 bits per heavy atom. The highest BCUT2D eigenvalue weighted by Crippen LogP contribution is 2.42. The van der Waals surface area contributed by atoms with Gasteiger partial charge in [-0.15, -0.1) is 11.3 Å². The number of nitrogens with zero attached hydrogens (tertiary/aromatic N) is 4. The van der Waals surface area contributed by atoms with E-state index in [0.717, 1.165) is 39.0 Å². The monoisotopic (exact) mass is 428 g/mol. The molecular formula is C27H16N4S. The van der Waals surface area contributed by atoms with Crippen LogP contribution in [0, 0.1) is 0 Å². The Kier molecular flexibility index (Phi) is 3.68. The van der Waals surface area contributed by atoms with E-state index in [4.69, 9.17) is 9.97 Å². The van der Waals surface area contributed by atoms with Crippen molar-refractivity contribution in [3.63, 3.8) is 0 Å². The molecule has 5 heterocycles. The zero-order valence-electron chi connectivity index (χ0n) is 16.9. The molecule has 7 aromatic rings. The van der Waals surface area contributed by atoms with Gasteiger partial charge in [0, 0.05) is 49.7 Å². The molecule has 5 heteroatoms. The Morgan fingerprint density at radius 1 is 0.719 bits per heavy atom. The van der Waals surface area contributed by atoms with Gasteiger partial charge in [0.15, 0.2) is 0 Å². The van der Waals surface area contributed by atoms with E-state index < -0.39 is 0 Å². The fourth-order valence-electron chi connectivity index (χ4n) is 4.59. The SMILES string of the molecule is c1cncc(-c2cccc(-n3c4cccnc4c4ccc5sc6ccccc6c5c43)n2)c1. The third kappa shape index (κ3) is 2.46. The van der Waals surface area contributed by atoms with Crippen LogP contribution in [0.4, 0.5) is 0 Å². The van der Waals surface area contributed by atoms with Gasteiger partial charge in [0.2, 0.25) is 0 Å². The van der Waals surface area contributed by atoms with Crippen LogP contribution in [0.5, 0.6) is 0 Å². The lowest BCUT2D eigenvalue weighted by Crippen LogP contribution is -1.99. The lowest BCUT2D eigenvalue weighted by molar-refractivity contribution is 1.08. The van der Waals surface area contributed by atoms with Crippen molar-refractivity contribution in [2.24, 2.45) is 0 Å². The summed E-state index contributed by atoms with van der Waals surface area (Å²) in [4.78, 5) is 14.1. The highest BCUT2D eigenvalue weighted by Gasteiger charge is 2.19. The molecule has 32 heavy (non-hydrogen) atoms. The summed E-state index contributed by atoms with van der Waals surface area (Å²) in [5.41, 5.74) is 5.11. The van der Waals surface area contributed by atoms with Crippen molar-refractivity contribution < 1.29 is 0 Å². The van der Waals surface area contributed by atoms with Crippen LogP contribution in [-0.4, -0.2) is 19.5 Å². The van der Waals surface area contributed by atoms with Gasteiger partial charge in [-0.2, -0.15) is 0 Å². The number of benzene rings is 2. The maximum Gasteiger partial charge on any atom is 0.138 e. The van der Waals surface area contributed by atoms with Crippen molar-refractivity contribution in [1.29, 1.82) is 0 Å². The molecule has 0 radical (unpaired) electrons. The molecule has 4 nitrogen and oxygen atoms in total. The van der Waals surface area contributed by atoms with Crippen molar-refractivity contribution in [3.05, 3.63) is 97.5 Å². The van der Waals surface area contributed by atoms with Crippen LogP contribution in [-0.2, 0) is 0 Å². The number of pyridine rings is 3. The van der Waals surface area contributed by atoms with E-state index in [1.54, 1.807) is 6.20 Å². The molecular weight excluding hydrogens is 412 g/mol. The van der Waals surface area contributed by atoms with Crippen molar-refractivity contribution in [2.45, 2.75) is 0 Å². The first-order chi connectivity index (χ1) is 15.9. The van der Waals surface area contributed by atoms with Gasteiger partial charge in [0.1, 0.15) is 5.82 Å². The maximum absolute atomic E-state index is 5.06. The van der Waals surface area contributed by atoms with Crippen LogP contribution in [0.25, 0.3) is 59.2 Å². The maximum atomic E-state index is 5.06. The van der Waals surface area contributed by atoms with E-state index in [0.29, 0.717) is 0 Å². The van der Waals surface area contributed by atoms with Gasteiger partial charge in [0.05, 0.1) is 22.2 Å². The standard InChI is InChI=1S/C27H16N4S/c1-2-10-22-18(7-1)25-23(32-22)13-12-19-26-21(9-5-15-29-26)31(27(19)25)24-11-3-8-20(30-24)17-6-4-14-28-16-17/h1-16H. The fourth-order valence-corrected chi connectivity index (χ4v) is 5.70.